The molecule has 0 unspecified atom stereocenters. The number of aliphatic carboxylic acids is 1. The van der Waals surface area contributed by atoms with E-state index in [0.29, 0.717) is 10.1 Å². The Morgan fingerprint density at radius 3 is 2.63 bits per heavy atom. The summed E-state index contributed by atoms with van der Waals surface area (Å²) in [4.78, 5) is 10.5. The first-order valence-electron chi connectivity index (χ1n) is 5.05. The van der Waals surface area contributed by atoms with E-state index in [0.717, 1.165) is 7.05 Å². The average molecular weight is 309 g/mol. The summed E-state index contributed by atoms with van der Waals surface area (Å²) < 4.78 is 31.4. The first kappa shape index (κ1) is 15.5. The number of likely N-dealkylation sites (N-methyl/N-ethyl adjacent to an activating group) is 1. The smallest absolute Gasteiger partial charge is 0.318 e. The molecule has 19 heavy (non-hydrogen) atoms. The number of carbonyl (C=O) groups is 1. The summed E-state index contributed by atoms with van der Waals surface area (Å²) in [7, 11) is -1.35. The van der Waals surface area contributed by atoms with E-state index in [4.69, 9.17) is 21.4 Å². The van der Waals surface area contributed by atoms with Crippen molar-refractivity contribution in [2.24, 2.45) is 0 Å². The Morgan fingerprint density at radius 1 is 1.53 bits per heavy atom. The molecular formula is C10H13ClN2O5S. The van der Waals surface area contributed by atoms with Gasteiger partial charge in [-0.1, -0.05) is 11.6 Å². The predicted octanol–water partition coefficient (Wildman–Crippen LogP) is 1.02. The zero-order chi connectivity index (χ0) is 14.6. The quantitative estimate of drug-likeness (QED) is 0.818. The first-order chi connectivity index (χ1) is 8.76. The number of anilines is 1. The highest BCUT2D eigenvalue weighted by molar-refractivity contribution is 7.90. The van der Waals surface area contributed by atoms with Crippen LogP contribution in [-0.2, 0) is 15.0 Å². The van der Waals surface area contributed by atoms with Crippen molar-refractivity contribution in [3.05, 3.63) is 23.2 Å². The second-order valence-electron chi connectivity index (χ2n) is 3.61. The van der Waals surface area contributed by atoms with Gasteiger partial charge in [0.05, 0.1) is 17.8 Å². The summed E-state index contributed by atoms with van der Waals surface area (Å²) in [6.45, 7) is -0.640. The number of hydrogen-bond acceptors (Lipinski definition) is 4. The van der Waals surface area contributed by atoms with Gasteiger partial charge in [0.2, 0.25) is 0 Å². The molecule has 1 aromatic carbocycles. The third kappa shape index (κ3) is 4.27. The van der Waals surface area contributed by atoms with Crippen molar-refractivity contribution in [3.8, 4) is 5.75 Å². The summed E-state index contributed by atoms with van der Waals surface area (Å²) in [6.07, 6.45) is 0. The van der Waals surface area contributed by atoms with Crippen molar-refractivity contribution in [1.82, 2.24) is 4.31 Å². The van der Waals surface area contributed by atoms with Crippen LogP contribution in [0.4, 0.5) is 5.69 Å². The molecule has 1 rings (SSSR count). The van der Waals surface area contributed by atoms with Gasteiger partial charge >= 0.3 is 16.2 Å². The molecule has 0 aliphatic heterocycles. The minimum Gasteiger partial charge on any atom is -0.495 e. The maximum atomic E-state index is 11.8. The lowest BCUT2D eigenvalue weighted by molar-refractivity contribution is -0.137. The van der Waals surface area contributed by atoms with Crippen LogP contribution in [0.15, 0.2) is 18.2 Å². The number of methoxy groups -OCH3 is 1. The Morgan fingerprint density at radius 2 is 2.16 bits per heavy atom. The summed E-state index contributed by atoms with van der Waals surface area (Å²) in [5.74, 6) is -0.843. The molecule has 0 aromatic heterocycles. The summed E-state index contributed by atoms with van der Waals surface area (Å²) in [5, 5.41) is 8.79. The van der Waals surface area contributed by atoms with Crippen LogP contribution in [0.5, 0.6) is 5.75 Å². The fraction of sp³-hybridized carbons (Fsp3) is 0.300. The maximum Gasteiger partial charge on any atom is 0.318 e. The van der Waals surface area contributed by atoms with E-state index in [1.165, 1.54) is 25.3 Å². The fourth-order valence-corrected chi connectivity index (χ4v) is 2.35. The molecule has 9 heteroatoms. The van der Waals surface area contributed by atoms with Crippen LogP contribution < -0.4 is 9.46 Å². The highest BCUT2D eigenvalue weighted by atomic mass is 35.5. The lowest BCUT2D eigenvalue weighted by atomic mass is 10.3. The SMILES string of the molecule is COc1ccc(NS(=O)(=O)N(C)CC(=O)O)cc1Cl. The standard InChI is InChI=1S/C10H13ClN2O5S/c1-13(6-10(14)15)19(16,17)12-7-3-4-9(18-2)8(11)5-7/h3-5,12H,6H2,1-2H3,(H,14,15). The molecule has 7 nitrogen and oxygen atoms in total. The van der Waals surface area contributed by atoms with Crippen molar-refractivity contribution >= 4 is 33.5 Å². The monoisotopic (exact) mass is 308 g/mol. The summed E-state index contributed by atoms with van der Waals surface area (Å²) in [6, 6.07) is 4.32. The van der Waals surface area contributed by atoms with E-state index in [1.807, 2.05) is 0 Å². The van der Waals surface area contributed by atoms with Gasteiger partial charge in [0.15, 0.2) is 0 Å². The number of carboxylic acids is 1. The molecule has 0 saturated carbocycles. The van der Waals surface area contributed by atoms with Crippen LogP contribution >= 0.6 is 11.6 Å². The molecule has 0 amide bonds. The fourth-order valence-electron chi connectivity index (χ4n) is 1.23. The number of benzene rings is 1. The Labute approximate surface area is 115 Å². The third-order valence-electron chi connectivity index (χ3n) is 2.17. The Balaban J connectivity index is 2.89. The molecular weight excluding hydrogens is 296 g/mol. The van der Waals surface area contributed by atoms with Crippen LogP contribution in [-0.4, -0.2) is 44.5 Å². The number of hydrogen-bond donors (Lipinski definition) is 2. The van der Waals surface area contributed by atoms with E-state index < -0.39 is 22.7 Å². The summed E-state index contributed by atoms with van der Waals surface area (Å²) in [5.41, 5.74) is 0.211. The van der Waals surface area contributed by atoms with Gasteiger partial charge in [0.25, 0.3) is 0 Å². The van der Waals surface area contributed by atoms with Crippen LogP contribution in [0.2, 0.25) is 5.02 Å². The van der Waals surface area contributed by atoms with E-state index in [1.54, 1.807) is 0 Å². The summed E-state index contributed by atoms with van der Waals surface area (Å²) >= 11 is 5.85. The van der Waals surface area contributed by atoms with Crippen molar-refractivity contribution in [2.75, 3.05) is 25.4 Å². The second-order valence-corrected chi connectivity index (χ2v) is 5.79. The second kappa shape index (κ2) is 6.09. The number of rotatable bonds is 6. The van der Waals surface area contributed by atoms with Crippen molar-refractivity contribution in [1.29, 1.82) is 0 Å². The zero-order valence-electron chi connectivity index (χ0n) is 10.3. The minimum atomic E-state index is -3.94. The van der Waals surface area contributed by atoms with Crippen LogP contribution in [0, 0.1) is 0 Å². The molecule has 0 aliphatic carbocycles. The van der Waals surface area contributed by atoms with E-state index in [9.17, 15) is 13.2 Å². The maximum absolute atomic E-state index is 11.8. The molecule has 0 aliphatic rings. The van der Waals surface area contributed by atoms with Crippen molar-refractivity contribution in [2.45, 2.75) is 0 Å². The molecule has 0 fully saturated rings. The van der Waals surface area contributed by atoms with Crippen LogP contribution in [0.3, 0.4) is 0 Å². The third-order valence-corrected chi connectivity index (χ3v) is 3.91. The number of nitrogens with zero attached hydrogens (tertiary/aromatic N) is 1. The molecule has 106 valence electrons. The van der Waals surface area contributed by atoms with Crippen molar-refractivity contribution in [3.63, 3.8) is 0 Å². The highest BCUT2D eigenvalue weighted by Crippen LogP contribution is 2.27. The predicted molar refractivity (Wildman–Crippen MR) is 70.8 cm³/mol. The number of carboxylic acid groups (broad SMARTS) is 1. The van der Waals surface area contributed by atoms with Gasteiger partial charge in [-0.3, -0.25) is 9.52 Å². The van der Waals surface area contributed by atoms with Gasteiger partial charge in [-0.2, -0.15) is 12.7 Å². The topological polar surface area (TPSA) is 95.9 Å². The molecule has 0 atom stereocenters. The number of nitrogens with one attached hydrogen (secondary N) is 1. The van der Waals surface area contributed by atoms with E-state index in [2.05, 4.69) is 4.72 Å². The number of ether oxygens (including phenoxy) is 1. The van der Waals surface area contributed by atoms with Crippen molar-refractivity contribution < 1.29 is 23.1 Å². The Kier molecular flexibility index (Phi) is 4.98. The lowest BCUT2D eigenvalue weighted by Gasteiger charge is -2.16. The Bertz CT molecular complexity index is 575. The minimum absolute atomic E-state index is 0.211. The normalized spacial score (nSPS) is 11.4. The molecule has 0 saturated heterocycles. The van der Waals surface area contributed by atoms with E-state index >= 15 is 0 Å². The molecule has 0 heterocycles. The molecule has 0 bridgehead atoms. The molecule has 0 spiro atoms. The zero-order valence-corrected chi connectivity index (χ0v) is 11.8. The lowest BCUT2D eigenvalue weighted by Crippen LogP contribution is -2.36. The van der Waals surface area contributed by atoms with Crippen LogP contribution in [0.25, 0.3) is 0 Å². The molecule has 2 N–H and O–H groups in total. The first-order valence-corrected chi connectivity index (χ1v) is 6.87. The van der Waals surface area contributed by atoms with Crippen LogP contribution in [0.1, 0.15) is 0 Å². The van der Waals surface area contributed by atoms with Gasteiger partial charge in [0.1, 0.15) is 12.3 Å². The van der Waals surface area contributed by atoms with Gasteiger partial charge in [-0.25, -0.2) is 0 Å². The van der Waals surface area contributed by atoms with Gasteiger partial charge < -0.3 is 9.84 Å². The van der Waals surface area contributed by atoms with Gasteiger partial charge in [-0.05, 0) is 18.2 Å². The Hall–Kier alpha value is -1.51. The molecule has 0 radical (unpaired) electrons. The highest BCUT2D eigenvalue weighted by Gasteiger charge is 2.20. The average Bonchev–Trinajstić information content (AvgIpc) is 2.27. The van der Waals surface area contributed by atoms with Gasteiger partial charge in [-0.15, -0.1) is 0 Å². The van der Waals surface area contributed by atoms with E-state index in [-0.39, 0.29) is 10.7 Å². The molecule has 1 aromatic rings. The van der Waals surface area contributed by atoms with Gasteiger partial charge in [0, 0.05) is 7.05 Å². The number of halogens is 1. The largest absolute Gasteiger partial charge is 0.495 e.